The standard InChI is InChI=1S/C14H11ClFN3O2/c15-10-4-2-1-3-9(10)14(20)18-12-6-5-8(7-11(12)16)13(17)19-21/h1-7,21H,(H2,17,19)(H,18,20). The number of oxime groups is 1. The van der Waals surface area contributed by atoms with E-state index in [1.165, 1.54) is 18.2 Å². The summed E-state index contributed by atoms with van der Waals surface area (Å²) in [6.07, 6.45) is 0. The Labute approximate surface area is 124 Å². The first kappa shape index (κ1) is 14.8. The Kier molecular flexibility index (Phi) is 4.39. The molecule has 7 heteroatoms. The maximum Gasteiger partial charge on any atom is 0.257 e. The Hall–Kier alpha value is -2.60. The van der Waals surface area contributed by atoms with Gasteiger partial charge in [0.15, 0.2) is 5.84 Å². The SMILES string of the molecule is N/C(=N/O)c1ccc(NC(=O)c2ccccc2Cl)c(F)c1. The first-order valence-electron chi connectivity index (χ1n) is 5.86. The molecule has 0 heterocycles. The number of halogens is 2. The summed E-state index contributed by atoms with van der Waals surface area (Å²) in [5, 5.41) is 14.0. The van der Waals surface area contributed by atoms with Crippen molar-refractivity contribution in [3.63, 3.8) is 0 Å². The molecule has 21 heavy (non-hydrogen) atoms. The molecule has 4 N–H and O–H groups in total. The van der Waals surface area contributed by atoms with Gasteiger partial charge < -0.3 is 16.3 Å². The molecule has 2 aromatic carbocycles. The molecule has 2 aromatic rings. The number of anilines is 1. The molecule has 108 valence electrons. The van der Waals surface area contributed by atoms with Crippen LogP contribution in [0, 0.1) is 5.82 Å². The van der Waals surface area contributed by atoms with Gasteiger partial charge in [0.05, 0.1) is 16.3 Å². The van der Waals surface area contributed by atoms with Gasteiger partial charge in [0.1, 0.15) is 5.82 Å². The van der Waals surface area contributed by atoms with Gasteiger partial charge in [-0.25, -0.2) is 4.39 Å². The second-order valence-electron chi connectivity index (χ2n) is 4.11. The number of carbonyl (C=O) groups excluding carboxylic acids is 1. The highest BCUT2D eigenvalue weighted by atomic mass is 35.5. The van der Waals surface area contributed by atoms with Crippen molar-refractivity contribution in [2.75, 3.05) is 5.32 Å². The van der Waals surface area contributed by atoms with Crippen molar-refractivity contribution < 1.29 is 14.4 Å². The van der Waals surface area contributed by atoms with Crippen molar-refractivity contribution in [2.24, 2.45) is 10.9 Å². The van der Waals surface area contributed by atoms with E-state index in [9.17, 15) is 9.18 Å². The molecule has 0 unspecified atom stereocenters. The van der Waals surface area contributed by atoms with Crippen molar-refractivity contribution in [3.05, 3.63) is 64.4 Å². The average Bonchev–Trinajstić information content (AvgIpc) is 2.48. The second-order valence-corrected chi connectivity index (χ2v) is 4.52. The number of nitrogens with one attached hydrogen (secondary N) is 1. The van der Waals surface area contributed by atoms with E-state index in [4.69, 9.17) is 22.5 Å². The van der Waals surface area contributed by atoms with Gasteiger partial charge >= 0.3 is 0 Å². The van der Waals surface area contributed by atoms with E-state index in [1.54, 1.807) is 18.2 Å². The third kappa shape index (κ3) is 3.29. The van der Waals surface area contributed by atoms with Crippen LogP contribution in [0.1, 0.15) is 15.9 Å². The molecule has 0 fully saturated rings. The molecule has 0 atom stereocenters. The van der Waals surface area contributed by atoms with E-state index >= 15 is 0 Å². The summed E-state index contributed by atoms with van der Waals surface area (Å²) in [6.45, 7) is 0. The summed E-state index contributed by atoms with van der Waals surface area (Å²) in [4.78, 5) is 12.0. The first-order chi connectivity index (χ1) is 10.0. The zero-order valence-electron chi connectivity index (χ0n) is 10.7. The molecule has 0 aromatic heterocycles. The number of nitrogens with two attached hydrogens (primary N) is 1. The van der Waals surface area contributed by atoms with Crippen LogP contribution in [0.2, 0.25) is 5.02 Å². The predicted molar refractivity (Wildman–Crippen MR) is 78.3 cm³/mol. The summed E-state index contributed by atoms with van der Waals surface area (Å²) in [5.74, 6) is -1.46. The molecule has 1 amide bonds. The molecule has 0 aliphatic heterocycles. The molecule has 0 bridgehead atoms. The molecular formula is C14H11ClFN3O2. The number of rotatable bonds is 3. The van der Waals surface area contributed by atoms with Crippen molar-refractivity contribution in [1.82, 2.24) is 0 Å². The quantitative estimate of drug-likeness (QED) is 0.352. The maximum atomic E-state index is 13.9. The average molecular weight is 308 g/mol. The monoisotopic (exact) mass is 307 g/mol. The predicted octanol–water partition coefficient (Wildman–Crippen LogP) is 2.83. The largest absolute Gasteiger partial charge is 0.409 e. The molecule has 0 aliphatic rings. The van der Waals surface area contributed by atoms with E-state index in [-0.39, 0.29) is 27.7 Å². The van der Waals surface area contributed by atoms with E-state index in [0.717, 1.165) is 6.07 Å². The number of benzene rings is 2. The molecule has 0 aliphatic carbocycles. The molecule has 0 saturated heterocycles. The Morgan fingerprint density at radius 2 is 2.00 bits per heavy atom. The Morgan fingerprint density at radius 1 is 1.29 bits per heavy atom. The number of hydrogen-bond donors (Lipinski definition) is 3. The second kappa shape index (κ2) is 6.23. The summed E-state index contributed by atoms with van der Waals surface area (Å²) in [5.41, 5.74) is 5.76. The van der Waals surface area contributed by atoms with E-state index in [0.29, 0.717) is 0 Å². The van der Waals surface area contributed by atoms with Crippen LogP contribution >= 0.6 is 11.6 Å². The van der Waals surface area contributed by atoms with Crippen LogP contribution in [0.5, 0.6) is 0 Å². The third-order valence-electron chi connectivity index (χ3n) is 2.74. The summed E-state index contributed by atoms with van der Waals surface area (Å²) in [7, 11) is 0. The molecule has 2 rings (SSSR count). The van der Waals surface area contributed by atoms with Crippen LogP contribution < -0.4 is 11.1 Å². The summed E-state index contributed by atoms with van der Waals surface area (Å²) < 4.78 is 13.9. The number of carbonyl (C=O) groups is 1. The molecule has 0 spiro atoms. The van der Waals surface area contributed by atoms with Crippen LogP contribution in [-0.4, -0.2) is 17.0 Å². The van der Waals surface area contributed by atoms with Crippen molar-refractivity contribution in [1.29, 1.82) is 0 Å². The highest BCUT2D eigenvalue weighted by molar-refractivity contribution is 6.34. The first-order valence-corrected chi connectivity index (χ1v) is 6.24. The topological polar surface area (TPSA) is 87.7 Å². The van der Waals surface area contributed by atoms with Crippen molar-refractivity contribution >= 4 is 29.0 Å². The van der Waals surface area contributed by atoms with Crippen LogP contribution in [0.25, 0.3) is 0 Å². The minimum Gasteiger partial charge on any atom is -0.409 e. The zero-order valence-corrected chi connectivity index (χ0v) is 11.4. The van der Waals surface area contributed by atoms with Gasteiger partial charge in [-0.1, -0.05) is 28.9 Å². The molecule has 0 saturated carbocycles. The fraction of sp³-hybridized carbons (Fsp3) is 0. The smallest absolute Gasteiger partial charge is 0.257 e. The lowest BCUT2D eigenvalue weighted by atomic mass is 10.1. The highest BCUT2D eigenvalue weighted by Gasteiger charge is 2.13. The lowest BCUT2D eigenvalue weighted by Crippen LogP contribution is -2.16. The van der Waals surface area contributed by atoms with Gasteiger partial charge in [0.25, 0.3) is 5.91 Å². The fourth-order valence-electron chi connectivity index (χ4n) is 1.67. The van der Waals surface area contributed by atoms with Gasteiger partial charge in [0.2, 0.25) is 0 Å². The Balaban J connectivity index is 2.25. The Bertz CT molecular complexity index is 719. The summed E-state index contributed by atoms with van der Waals surface area (Å²) in [6, 6.07) is 10.2. The number of amidine groups is 1. The van der Waals surface area contributed by atoms with Gasteiger partial charge in [-0.3, -0.25) is 4.79 Å². The molecule has 5 nitrogen and oxygen atoms in total. The number of nitrogens with zero attached hydrogens (tertiary/aromatic N) is 1. The fourth-order valence-corrected chi connectivity index (χ4v) is 1.89. The number of amides is 1. The Morgan fingerprint density at radius 3 is 2.62 bits per heavy atom. The molecular weight excluding hydrogens is 297 g/mol. The zero-order chi connectivity index (χ0) is 15.4. The van der Waals surface area contributed by atoms with Crippen molar-refractivity contribution in [2.45, 2.75) is 0 Å². The van der Waals surface area contributed by atoms with Gasteiger partial charge in [-0.15, -0.1) is 0 Å². The third-order valence-corrected chi connectivity index (χ3v) is 3.07. The summed E-state index contributed by atoms with van der Waals surface area (Å²) >= 11 is 5.90. The van der Waals surface area contributed by atoms with E-state index in [1.807, 2.05) is 0 Å². The van der Waals surface area contributed by atoms with Crippen LogP contribution in [0.4, 0.5) is 10.1 Å². The highest BCUT2D eigenvalue weighted by Crippen LogP contribution is 2.20. The van der Waals surface area contributed by atoms with Gasteiger partial charge in [0, 0.05) is 5.56 Å². The maximum absolute atomic E-state index is 13.9. The van der Waals surface area contributed by atoms with Crippen LogP contribution in [0.3, 0.4) is 0 Å². The van der Waals surface area contributed by atoms with Crippen LogP contribution in [-0.2, 0) is 0 Å². The van der Waals surface area contributed by atoms with E-state index in [2.05, 4.69) is 10.5 Å². The molecule has 0 radical (unpaired) electrons. The van der Waals surface area contributed by atoms with E-state index < -0.39 is 11.7 Å². The lowest BCUT2D eigenvalue weighted by Gasteiger charge is -2.08. The van der Waals surface area contributed by atoms with Gasteiger partial charge in [-0.05, 0) is 30.3 Å². The minimum absolute atomic E-state index is 0.0330. The van der Waals surface area contributed by atoms with Gasteiger partial charge in [-0.2, -0.15) is 0 Å². The minimum atomic E-state index is -0.709. The lowest BCUT2D eigenvalue weighted by molar-refractivity contribution is 0.102. The normalized spacial score (nSPS) is 11.2. The van der Waals surface area contributed by atoms with Crippen LogP contribution in [0.15, 0.2) is 47.6 Å². The number of hydrogen-bond acceptors (Lipinski definition) is 3. The van der Waals surface area contributed by atoms with Crippen molar-refractivity contribution in [3.8, 4) is 0 Å².